The van der Waals surface area contributed by atoms with Crippen molar-refractivity contribution in [2.45, 2.75) is 13.0 Å². The van der Waals surface area contributed by atoms with Crippen molar-refractivity contribution in [3.63, 3.8) is 0 Å². The zero-order valence-corrected chi connectivity index (χ0v) is 10.1. The number of rotatable bonds is 4. The summed E-state index contributed by atoms with van der Waals surface area (Å²) in [5.74, 6) is 0.685. The van der Waals surface area contributed by atoms with Crippen LogP contribution >= 0.6 is 0 Å². The molecule has 0 aliphatic rings. The van der Waals surface area contributed by atoms with Crippen LogP contribution in [0.4, 0.5) is 10.2 Å². The van der Waals surface area contributed by atoms with Crippen LogP contribution in [0, 0.1) is 5.82 Å². The van der Waals surface area contributed by atoms with Crippen LogP contribution < -0.4 is 5.73 Å². The second-order valence-corrected chi connectivity index (χ2v) is 3.94. The molecule has 5 heteroatoms. The molecular formula is C13H14FN3O. The Bertz CT molecular complexity index is 546. The fourth-order valence-electron chi connectivity index (χ4n) is 1.71. The van der Waals surface area contributed by atoms with Crippen molar-refractivity contribution in [3.05, 3.63) is 53.2 Å². The molecule has 0 fully saturated rings. The molecule has 2 N–H and O–H groups in total. The van der Waals surface area contributed by atoms with Gasteiger partial charge in [0.25, 0.3) is 0 Å². The number of anilines is 1. The van der Waals surface area contributed by atoms with Gasteiger partial charge in [0.2, 0.25) is 0 Å². The quantitative estimate of drug-likeness (QED) is 0.896. The standard InChI is InChI=1S/C13H14FN3O/c1-18-8-11-7-12(15)17-13(16-11)6-9-3-2-4-10(14)5-9/h2-5,7H,6,8H2,1H3,(H2,15,16,17). The molecule has 0 aliphatic heterocycles. The molecule has 0 radical (unpaired) electrons. The van der Waals surface area contributed by atoms with Gasteiger partial charge in [0.15, 0.2) is 0 Å². The minimum Gasteiger partial charge on any atom is -0.384 e. The Morgan fingerprint density at radius 2 is 2.11 bits per heavy atom. The average Bonchev–Trinajstić information content (AvgIpc) is 2.28. The van der Waals surface area contributed by atoms with Gasteiger partial charge in [-0.25, -0.2) is 14.4 Å². The molecule has 1 heterocycles. The van der Waals surface area contributed by atoms with Crippen molar-refractivity contribution in [2.75, 3.05) is 12.8 Å². The lowest BCUT2D eigenvalue weighted by Crippen LogP contribution is -2.05. The topological polar surface area (TPSA) is 61.0 Å². The third-order valence-electron chi connectivity index (χ3n) is 2.39. The zero-order chi connectivity index (χ0) is 13.0. The highest BCUT2D eigenvalue weighted by Gasteiger charge is 2.05. The van der Waals surface area contributed by atoms with Crippen LogP contribution in [-0.4, -0.2) is 17.1 Å². The van der Waals surface area contributed by atoms with Crippen LogP contribution in [-0.2, 0) is 17.8 Å². The second kappa shape index (κ2) is 5.55. The Morgan fingerprint density at radius 1 is 1.28 bits per heavy atom. The van der Waals surface area contributed by atoms with Crippen LogP contribution in [0.1, 0.15) is 17.1 Å². The molecule has 1 aromatic carbocycles. The van der Waals surface area contributed by atoms with Gasteiger partial charge in [0.05, 0.1) is 12.3 Å². The molecule has 0 amide bonds. The largest absolute Gasteiger partial charge is 0.384 e. The first-order chi connectivity index (χ1) is 8.67. The lowest BCUT2D eigenvalue weighted by atomic mass is 10.1. The highest BCUT2D eigenvalue weighted by molar-refractivity contribution is 5.31. The minimum atomic E-state index is -0.270. The number of hydrogen-bond acceptors (Lipinski definition) is 4. The van der Waals surface area contributed by atoms with E-state index in [9.17, 15) is 4.39 Å². The molecule has 2 rings (SSSR count). The van der Waals surface area contributed by atoms with Crippen molar-refractivity contribution >= 4 is 5.82 Å². The summed E-state index contributed by atoms with van der Waals surface area (Å²) in [6.07, 6.45) is 0.444. The number of ether oxygens (including phenoxy) is 1. The molecule has 0 spiro atoms. The lowest BCUT2D eigenvalue weighted by Gasteiger charge is -2.05. The predicted molar refractivity (Wildman–Crippen MR) is 66.4 cm³/mol. The molecule has 0 saturated heterocycles. The number of nitrogens with zero attached hydrogens (tertiary/aromatic N) is 2. The van der Waals surface area contributed by atoms with Crippen molar-refractivity contribution in [1.82, 2.24) is 9.97 Å². The molecule has 4 nitrogen and oxygen atoms in total. The fourth-order valence-corrected chi connectivity index (χ4v) is 1.71. The van der Waals surface area contributed by atoms with E-state index in [1.165, 1.54) is 12.1 Å². The number of aromatic nitrogens is 2. The van der Waals surface area contributed by atoms with Crippen LogP contribution in [0.5, 0.6) is 0 Å². The van der Waals surface area contributed by atoms with Gasteiger partial charge in [-0.05, 0) is 17.7 Å². The van der Waals surface area contributed by atoms with Gasteiger partial charge in [0, 0.05) is 19.6 Å². The van der Waals surface area contributed by atoms with Crippen LogP contribution in [0.3, 0.4) is 0 Å². The second-order valence-electron chi connectivity index (χ2n) is 3.94. The number of nitrogens with two attached hydrogens (primary N) is 1. The van der Waals surface area contributed by atoms with Crippen molar-refractivity contribution < 1.29 is 9.13 Å². The summed E-state index contributed by atoms with van der Waals surface area (Å²) in [6.45, 7) is 0.378. The van der Waals surface area contributed by atoms with Gasteiger partial charge in [-0.1, -0.05) is 12.1 Å². The van der Waals surface area contributed by atoms with Gasteiger partial charge in [-0.2, -0.15) is 0 Å². The van der Waals surface area contributed by atoms with E-state index in [1.54, 1.807) is 19.2 Å². The average molecular weight is 247 g/mol. The van der Waals surface area contributed by atoms with E-state index in [0.29, 0.717) is 24.7 Å². The van der Waals surface area contributed by atoms with Gasteiger partial charge in [-0.15, -0.1) is 0 Å². The van der Waals surface area contributed by atoms with E-state index in [1.807, 2.05) is 6.07 Å². The molecular weight excluding hydrogens is 233 g/mol. The Hall–Kier alpha value is -2.01. The third-order valence-corrected chi connectivity index (χ3v) is 2.39. The Labute approximate surface area is 105 Å². The molecule has 0 saturated carbocycles. The fraction of sp³-hybridized carbons (Fsp3) is 0.231. The maximum atomic E-state index is 13.1. The summed E-state index contributed by atoms with van der Waals surface area (Å²) in [5.41, 5.74) is 7.22. The maximum absolute atomic E-state index is 13.1. The lowest BCUT2D eigenvalue weighted by molar-refractivity contribution is 0.181. The number of halogens is 1. The molecule has 0 bridgehead atoms. The normalized spacial score (nSPS) is 10.6. The number of benzene rings is 1. The van der Waals surface area contributed by atoms with Gasteiger partial charge in [0.1, 0.15) is 17.5 Å². The highest BCUT2D eigenvalue weighted by Crippen LogP contribution is 2.10. The smallest absolute Gasteiger partial charge is 0.135 e. The van der Waals surface area contributed by atoms with Crippen LogP contribution in [0.15, 0.2) is 30.3 Å². The number of methoxy groups -OCH3 is 1. The Kier molecular flexibility index (Phi) is 3.84. The van der Waals surface area contributed by atoms with E-state index in [2.05, 4.69) is 9.97 Å². The van der Waals surface area contributed by atoms with Crippen LogP contribution in [0.2, 0.25) is 0 Å². The van der Waals surface area contributed by atoms with Crippen LogP contribution in [0.25, 0.3) is 0 Å². The first-order valence-electron chi connectivity index (χ1n) is 5.53. The van der Waals surface area contributed by atoms with E-state index >= 15 is 0 Å². The van der Waals surface area contributed by atoms with Gasteiger partial charge in [-0.3, -0.25) is 0 Å². The van der Waals surface area contributed by atoms with Crippen molar-refractivity contribution in [1.29, 1.82) is 0 Å². The molecule has 1 aromatic heterocycles. The molecule has 18 heavy (non-hydrogen) atoms. The van der Waals surface area contributed by atoms with Crippen molar-refractivity contribution in [3.8, 4) is 0 Å². The molecule has 94 valence electrons. The maximum Gasteiger partial charge on any atom is 0.135 e. The summed E-state index contributed by atoms with van der Waals surface area (Å²) in [5, 5.41) is 0. The summed E-state index contributed by atoms with van der Waals surface area (Å²) in [4.78, 5) is 8.44. The third kappa shape index (κ3) is 3.24. The summed E-state index contributed by atoms with van der Waals surface area (Å²) < 4.78 is 18.1. The van der Waals surface area contributed by atoms with Crippen molar-refractivity contribution in [2.24, 2.45) is 0 Å². The summed E-state index contributed by atoms with van der Waals surface area (Å²) in [7, 11) is 1.59. The highest BCUT2D eigenvalue weighted by atomic mass is 19.1. The predicted octanol–water partition coefficient (Wildman–Crippen LogP) is 1.94. The van der Waals surface area contributed by atoms with E-state index in [4.69, 9.17) is 10.5 Å². The van der Waals surface area contributed by atoms with E-state index < -0.39 is 0 Å². The first kappa shape index (κ1) is 12.4. The first-order valence-corrected chi connectivity index (χ1v) is 5.53. The number of nitrogen functional groups attached to an aromatic ring is 1. The Morgan fingerprint density at radius 3 is 2.83 bits per heavy atom. The van der Waals surface area contributed by atoms with Gasteiger partial charge >= 0.3 is 0 Å². The molecule has 0 atom stereocenters. The summed E-state index contributed by atoms with van der Waals surface area (Å²) in [6, 6.07) is 8.01. The van der Waals surface area contributed by atoms with Gasteiger partial charge < -0.3 is 10.5 Å². The molecule has 0 unspecified atom stereocenters. The molecule has 0 aliphatic carbocycles. The SMILES string of the molecule is COCc1cc(N)nc(Cc2cccc(F)c2)n1. The monoisotopic (exact) mass is 247 g/mol. The van der Waals surface area contributed by atoms with E-state index in [-0.39, 0.29) is 5.82 Å². The Balaban J connectivity index is 2.23. The number of hydrogen-bond donors (Lipinski definition) is 1. The summed E-state index contributed by atoms with van der Waals surface area (Å²) >= 11 is 0. The van der Waals surface area contributed by atoms with E-state index in [0.717, 1.165) is 11.3 Å². The minimum absolute atomic E-state index is 0.270. The zero-order valence-electron chi connectivity index (χ0n) is 10.1. The molecule has 2 aromatic rings.